The molecule has 3 heterocycles. The van der Waals surface area contributed by atoms with Crippen LogP contribution >= 0.6 is 23.4 Å². The van der Waals surface area contributed by atoms with Gasteiger partial charge in [0.25, 0.3) is 5.91 Å². The molecule has 0 bridgehead atoms. The van der Waals surface area contributed by atoms with Crippen LogP contribution in [-0.4, -0.2) is 51.9 Å². The first-order valence-electron chi connectivity index (χ1n) is 9.78. The normalized spacial score (nSPS) is 14.2. The molecule has 0 spiro atoms. The summed E-state index contributed by atoms with van der Waals surface area (Å²) < 4.78 is 7.38. The van der Waals surface area contributed by atoms with Crippen LogP contribution in [0.25, 0.3) is 11.0 Å². The number of aromatic nitrogens is 3. The Bertz CT molecular complexity index is 1090. The van der Waals surface area contributed by atoms with Gasteiger partial charge in [-0.2, -0.15) is 11.8 Å². The molecule has 1 aliphatic rings. The number of halogens is 1. The van der Waals surface area contributed by atoms with Gasteiger partial charge in [0.15, 0.2) is 12.3 Å². The summed E-state index contributed by atoms with van der Waals surface area (Å²) in [5.41, 5.74) is 4.31. The molecule has 0 radical (unpaired) electrons. The molecule has 0 unspecified atom stereocenters. The lowest BCUT2D eigenvalue weighted by Crippen LogP contribution is -2.32. The molecule has 1 aliphatic heterocycles. The quantitative estimate of drug-likeness (QED) is 0.643. The van der Waals surface area contributed by atoms with Crippen LogP contribution in [0.1, 0.15) is 11.3 Å². The van der Waals surface area contributed by atoms with E-state index in [0.717, 1.165) is 52.6 Å². The third-order valence-corrected chi connectivity index (χ3v) is 6.26. The van der Waals surface area contributed by atoms with Crippen molar-refractivity contribution in [1.82, 2.24) is 14.8 Å². The number of aryl methyl sites for hydroxylation is 3. The minimum atomic E-state index is -0.273. The van der Waals surface area contributed by atoms with Crippen LogP contribution in [0.15, 0.2) is 24.3 Å². The Kier molecular flexibility index (Phi) is 6.06. The second-order valence-corrected chi connectivity index (χ2v) is 8.94. The van der Waals surface area contributed by atoms with E-state index in [4.69, 9.17) is 16.3 Å². The first-order chi connectivity index (χ1) is 14.4. The molecular weight excluding hydrogens is 422 g/mol. The number of nitrogens with zero attached hydrogens (tertiary/aromatic N) is 4. The molecule has 0 atom stereocenters. The Morgan fingerprint density at radius 1 is 1.27 bits per heavy atom. The fourth-order valence-electron chi connectivity index (χ4n) is 3.63. The molecule has 2 aromatic heterocycles. The zero-order valence-electron chi connectivity index (χ0n) is 17.2. The van der Waals surface area contributed by atoms with Crippen molar-refractivity contribution >= 4 is 51.7 Å². The maximum atomic E-state index is 12.4. The lowest BCUT2D eigenvalue weighted by atomic mass is 10.2. The van der Waals surface area contributed by atoms with Gasteiger partial charge < -0.3 is 15.0 Å². The molecule has 0 saturated carbocycles. The third kappa shape index (κ3) is 4.34. The number of hydrogen-bond acceptors (Lipinski definition) is 6. The highest BCUT2D eigenvalue weighted by Crippen LogP contribution is 2.31. The monoisotopic (exact) mass is 445 g/mol. The maximum absolute atomic E-state index is 12.4. The molecule has 1 aromatic carbocycles. The van der Waals surface area contributed by atoms with Crippen molar-refractivity contribution in [3.05, 3.63) is 40.5 Å². The Morgan fingerprint density at radius 3 is 2.77 bits per heavy atom. The molecule has 7 nitrogen and oxygen atoms in total. The summed E-state index contributed by atoms with van der Waals surface area (Å²) in [6.07, 6.45) is 0. The second-order valence-electron chi connectivity index (χ2n) is 7.31. The molecule has 1 saturated heterocycles. The minimum absolute atomic E-state index is 0.151. The average Bonchev–Trinajstić information content (AvgIpc) is 3.03. The van der Waals surface area contributed by atoms with Crippen molar-refractivity contribution in [2.75, 3.05) is 41.4 Å². The Labute approximate surface area is 184 Å². The maximum Gasteiger partial charge on any atom is 0.262 e. The highest BCUT2D eigenvalue weighted by molar-refractivity contribution is 7.99. The van der Waals surface area contributed by atoms with Crippen LogP contribution < -0.4 is 15.0 Å². The number of fused-ring (bicyclic) bond motifs is 1. The second kappa shape index (κ2) is 8.73. The highest BCUT2D eigenvalue weighted by Gasteiger charge is 2.17. The molecule has 3 aromatic rings. The summed E-state index contributed by atoms with van der Waals surface area (Å²) in [4.78, 5) is 19.2. The number of ether oxygens (including phenoxy) is 1. The van der Waals surface area contributed by atoms with Crippen molar-refractivity contribution in [3.8, 4) is 5.88 Å². The van der Waals surface area contributed by atoms with Gasteiger partial charge in [0.05, 0.1) is 16.1 Å². The van der Waals surface area contributed by atoms with E-state index in [9.17, 15) is 4.79 Å². The Morgan fingerprint density at radius 2 is 2.03 bits per heavy atom. The largest absolute Gasteiger partial charge is 0.466 e. The number of thioether (sulfide) groups is 1. The van der Waals surface area contributed by atoms with Gasteiger partial charge in [-0.05, 0) is 43.7 Å². The topological polar surface area (TPSA) is 72.3 Å². The standard InChI is InChI=1S/C21H24ClN5O2S/c1-13-10-14(2)23-20-19(13)21(25-26(20)3)29-12-18(28)24-15-4-5-17(16(22)11-15)27-6-8-30-9-7-27/h4-5,10-11H,6-9,12H2,1-3H3,(H,24,28). The fourth-order valence-corrected chi connectivity index (χ4v) is 4.83. The summed E-state index contributed by atoms with van der Waals surface area (Å²) in [7, 11) is 1.81. The van der Waals surface area contributed by atoms with E-state index in [2.05, 4.69) is 20.3 Å². The number of benzene rings is 1. The van der Waals surface area contributed by atoms with Gasteiger partial charge in [0.1, 0.15) is 0 Å². The van der Waals surface area contributed by atoms with Crippen molar-refractivity contribution in [2.24, 2.45) is 7.05 Å². The molecule has 1 fully saturated rings. The van der Waals surface area contributed by atoms with Gasteiger partial charge in [0.2, 0.25) is 5.88 Å². The molecule has 9 heteroatoms. The molecule has 158 valence electrons. The van der Waals surface area contributed by atoms with Crippen LogP contribution in [-0.2, 0) is 11.8 Å². The molecule has 1 amide bonds. The smallest absolute Gasteiger partial charge is 0.262 e. The lowest BCUT2D eigenvalue weighted by molar-refractivity contribution is -0.118. The molecular formula is C21H24ClN5O2S. The van der Waals surface area contributed by atoms with Crippen LogP contribution in [0.4, 0.5) is 11.4 Å². The predicted octanol–water partition coefficient (Wildman–Crippen LogP) is 3.81. The highest BCUT2D eigenvalue weighted by atomic mass is 35.5. The first-order valence-corrected chi connectivity index (χ1v) is 11.3. The van der Waals surface area contributed by atoms with E-state index in [-0.39, 0.29) is 12.5 Å². The first kappa shape index (κ1) is 20.8. The van der Waals surface area contributed by atoms with Crippen LogP contribution in [0.3, 0.4) is 0 Å². The van der Waals surface area contributed by atoms with Gasteiger partial charge in [-0.25, -0.2) is 9.67 Å². The molecule has 30 heavy (non-hydrogen) atoms. The van der Waals surface area contributed by atoms with Crippen LogP contribution in [0, 0.1) is 13.8 Å². The van der Waals surface area contributed by atoms with Crippen LogP contribution in [0.2, 0.25) is 5.02 Å². The predicted molar refractivity (Wildman–Crippen MR) is 123 cm³/mol. The summed E-state index contributed by atoms with van der Waals surface area (Å²) in [6.45, 7) is 5.73. The van der Waals surface area contributed by atoms with E-state index >= 15 is 0 Å². The molecule has 4 rings (SSSR count). The number of carbonyl (C=O) groups excluding carboxylic acids is 1. The van der Waals surface area contributed by atoms with Crippen LogP contribution in [0.5, 0.6) is 5.88 Å². The van der Waals surface area contributed by atoms with E-state index in [1.807, 2.05) is 50.9 Å². The van der Waals surface area contributed by atoms with Crippen molar-refractivity contribution < 1.29 is 9.53 Å². The van der Waals surface area contributed by atoms with Gasteiger partial charge in [-0.3, -0.25) is 4.79 Å². The summed E-state index contributed by atoms with van der Waals surface area (Å²) in [6, 6.07) is 7.58. The molecule has 0 aliphatic carbocycles. The molecule has 1 N–H and O–H groups in total. The van der Waals surface area contributed by atoms with E-state index in [1.54, 1.807) is 10.7 Å². The summed E-state index contributed by atoms with van der Waals surface area (Å²) >= 11 is 8.42. The number of nitrogens with one attached hydrogen (secondary N) is 1. The van der Waals surface area contributed by atoms with E-state index in [0.29, 0.717) is 16.6 Å². The average molecular weight is 446 g/mol. The Balaban J connectivity index is 1.42. The van der Waals surface area contributed by atoms with E-state index in [1.165, 1.54) is 0 Å². The van der Waals surface area contributed by atoms with Gasteiger partial charge in [-0.15, -0.1) is 5.10 Å². The third-order valence-electron chi connectivity index (χ3n) is 5.01. The number of rotatable bonds is 5. The number of pyridine rings is 1. The van der Waals surface area contributed by atoms with Gasteiger partial charge in [-0.1, -0.05) is 11.6 Å². The number of anilines is 2. The number of amides is 1. The lowest BCUT2D eigenvalue weighted by Gasteiger charge is -2.29. The SMILES string of the molecule is Cc1cc(C)c2c(OCC(=O)Nc3ccc(N4CCSCC4)c(Cl)c3)nn(C)c2n1. The van der Waals surface area contributed by atoms with Gasteiger partial charge >= 0.3 is 0 Å². The van der Waals surface area contributed by atoms with Crippen molar-refractivity contribution in [2.45, 2.75) is 13.8 Å². The Hall–Kier alpha value is -2.45. The fraction of sp³-hybridized carbons (Fsp3) is 0.381. The van der Waals surface area contributed by atoms with Crippen molar-refractivity contribution in [3.63, 3.8) is 0 Å². The van der Waals surface area contributed by atoms with Crippen molar-refractivity contribution in [1.29, 1.82) is 0 Å². The summed E-state index contributed by atoms with van der Waals surface area (Å²) in [5, 5.41) is 8.67. The van der Waals surface area contributed by atoms with Gasteiger partial charge in [0, 0.05) is 43.0 Å². The number of carbonyl (C=O) groups is 1. The summed E-state index contributed by atoms with van der Waals surface area (Å²) in [5.74, 6) is 2.33. The number of hydrogen-bond donors (Lipinski definition) is 1. The zero-order valence-corrected chi connectivity index (χ0v) is 18.8. The van der Waals surface area contributed by atoms with E-state index < -0.39 is 0 Å². The minimum Gasteiger partial charge on any atom is -0.466 e. The zero-order chi connectivity index (χ0) is 21.3.